The average molecular weight is 318 g/mol. The van der Waals surface area contributed by atoms with Gasteiger partial charge in [-0.3, -0.25) is 19.8 Å². The van der Waals surface area contributed by atoms with E-state index in [1.54, 1.807) is 17.0 Å². The molecule has 0 bridgehead atoms. The summed E-state index contributed by atoms with van der Waals surface area (Å²) in [5, 5.41) is 10.9. The van der Waals surface area contributed by atoms with E-state index < -0.39 is 4.92 Å². The second kappa shape index (κ2) is 5.90. The lowest BCUT2D eigenvalue weighted by atomic mass is 9.90. The monoisotopic (exact) mass is 318 g/mol. The number of carbonyl (C=O) groups excluding carboxylic acids is 1. The third kappa shape index (κ3) is 2.94. The van der Waals surface area contributed by atoms with E-state index in [0.717, 1.165) is 25.9 Å². The normalized spacial score (nSPS) is 28.5. The van der Waals surface area contributed by atoms with Gasteiger partial charge < -0.3 is 10.6 Å². The van der Waals surface area contributed by atoms with Crippen LogP contribution in [0.3, 0.4) is 0 Å². The summed E-state index contributed by atoms with van der Waals surface area (Å²) >= 11 is 0. The molecule has 2 aliphatic heterocycles. The predicted molar refractivity (Wildman–Crippen MR) is 87.2 cm³/mol. The highest BCUT2D eigenvalue weighted by Gasteiger charge is 2.42. The van der Waals surface area contributed by atoms with Gasteiger partial charge in [0.25, 0.3) is 5.69 Å². The van der Waals surface area contributed by atoms with Gasteiger partial charge in [0.05, 0.1) is 16.7 Å². The maximum Gasteiger partial charge on any atom is 0.271 e. The zero-order valence-corrected chi connectivity index (χ0v) is 13.3. The number of nitro benzene ring substituents is 1. The van der Waals surface area contributed by atoms with E-state index in [1.165, 1.54) is 12.1 Å². The summed E-state index contributed by atoms with van der Waals surface area (Å²) in [5.74, 6) is 0.0340. The Morgan fingerprint density at radius 3 is 2.87 bits per heavy atom. The summed E-state index contributed by atoms with van der Waals surface area (Å²) in [5.41, 5.74) is 6.54. The minimum Gasteiger partial charge on any atom is -0.330 e. The molecule has 2 atom stereocenters. The fourth-order valence-electron chi connectivity index (χ4n) is 3.53. The number of benzene rings is 1. The highest BCUT2D eigenvalue weighted by atomic mass is 16.6. The van der Waals surface area contributed by atoms with E-state index in [-0.39, 0.29) is 23.1 Å². The summed E-state index contributed by atoms with van der Waals surface area (Å²) in [6.07, 6.45) is 1.76. The molecule has 2 saturated heterocycles. The van der Waals surface area contributed by atoms with Crippen LogP contribution in [-0.4, -0.2) is 48.0 Å². The molecular weight excluding hydrogens is 296 g/mol. The zero-order chi connectivity index (χ0) is 16.6. The van der Waals surface area contributed by atoms with Gasteiger partial charge in [-0.2, -0.15) is 0 Å². The van der Waals surface area contributed by atoms with Crippen LogP contribution in [-0.2, 0) is 4.79 Å². The van der Waals surface area contributed by atoms with Crippen molar-refractivity contribution < 1.29 is 9.72 Å². The third-order valence-electron chi connectivity index (χ3n) is 5.05. The molecule has 0 aliphatic carbocycles. The van der Waals surface area contributed by atoms with E-state index in [0.29, 0.717) is 18.8 Å². The predicted octanol–water partition coefficient (Wildman–Crippen LogP) is 1.37. The molecule has 2 fully saturated rings. The molecule has 7 heteroatoms. The van der Waals surface area contributed by atoms with Gasteiger partial charge in [0.15, 0.2) is 0 Å². The third-order valence-corrected chi connectivity index (χ3v) is 5.05. The number of hydrogen-bond donors (Lipinski definition) is 1. The minimum absolute atomic E-state index is 0.00984. The molecule has 2 aliphatic rings. The number of anilines is 1. The Kier molecular flexibility index (Phi) is 4.08. The van der Waals surface area contributed by atoms with Crippen LogP contribution in [0.2, 0.25) is 0 Å². The van der Waals surface area contributed by atoms with Gasteiger partial charge in [0, 0.05) is 25.2 Å². The molecule has 2 N–H and O–H groups in total. The largest absolute Gasteiger partial charge is 0.330 e. The fourth-order valence-corrected chi connectivity index (χ4v) is 3.53. The van der Waals surface area contributed by atoms with Crippen molar-refractivity contribution in [1.82, 2.24) is 4.90 Å². The first-order valence-corrected chi connectivity index (χ1v) is 7.93. The molecule has 0 radical (unpaired) electrons. The maximum atomic E-state index is 12.8. The van der Waals surface area contributed by atoms with Crippen molar-refractivity contribution in [3.05, 3.63) is 34.4 Å². The van der Waals surface area contributed by atoms with Gasteiger partial charge in [-0.25, -0.2) is 0 Å². The molecule has 23 heavy (non-hydrogen) atoms. The van der Waals surface area contributed by atoms with Gasteiger partial charge in [-0.1, -0.05) is 13.0 Å². The summed E-state index contributed by atoms with van der Waals surface area (Å²) in [4.78, 5) is 27.1. The Hall–Kier alpha value is -1.99. The van der Waals surface area contributed by atoms with Crippen molar-refractivity contribution in [2.75, 3.05) is 31.1 Å². The molecule has 0 spiro atoms. The second-order valence-corrected chi connectivity index (χ2v) is 6.81. The van der Waals surface area contributed by atoms with Crippen LogP contribution in [0.5, 0.6) is 0 Å². The molecule has 1 amide bonds. The van der Waals surface area contributed by atoms with Gasteiger partial charge in [0.2, 0.25) is 5.91 Å². The average Bonchev–Trinajstić information content (AvgIpc) is 3.11. The summed E-state index contributed by atoms with van der Waals surface area (Å²) < 4.78 is 0. The van der Waals surface area contributed by atoms with Gasteiger partial charge in [0.1, 0.15) is 0 Å². The minimum atomic E-state index is -0.436. The Balaban J connectivity index is 1.75. The molecule has 2 heterocycles. The molecular formula is C16H22N4O3. The number of likely N-dealkylation sites (tertiary alicyclic amines) is 1. The first-order valence-electron chi connectivity index (χ1n) is 7.93. The van der Waals surface area contributed by atoms with E-state index in [9.17, 15) is 14.9 Å². The number of nitrogens with zero attached hydrogens (tertiary/aromatic N) is 3. The van der Waals surface area contributed by atoms with E-state index in [4.69, 9.17) is 5.73 Å². The Morgan fingerprint density at radius 2 is 2.22 bits per heavy atom. The number of nitro groups is 1. The standard InChI is InChI=1S/C16H22N4O3/c1-16(10-17)6-8-18(11-16)14-5-7-19(15(14)21)12-3-2-4-13(9-12)20(22)23/h2-4,9,14H,5-8,10-11,17H2,1H3. The lowest BCUT2D eigenvalue weighted by Gasteiger charge is -2.26. The molecule has 124 valence electrons. The van der Waals surface area contributed by atoms with Crippen LogP contribution < -0.4 is 10.6 Å². The van der Waals surface area contributed by atoms with Crippen molar-refractivity contribution in [2.45, 2.75) is 25.8 Å². The Morgan fingerprint density at radius 1 is 1.43 bits per heavy atom. The fraction of sp³-hybridized carbons (Fsp3) is 0.562. The first-order chi connectivity index (χ1) is 10.9. The van der Waals surface area contributed by atoms with E-state index in [2.05, 4.69) is 11.8 Å². The molecule has 2 unspecified atom stereocenters. The molecule has 0 saturated carbocycles. The van der Waals surface area contributed by atoms with Crippen LogP contribution in [0.15, 0.2) is 24.3 Å². The number of non-ortho nitro benzene ring substituents is 1. The molecule has 3 rings (SSSR count). The maximum absolute atomic E-state index is 12.8. The molecule has 1 aromatic rings. The Labute approximate surface area is 135 Å². The number of carbonyl (C=O) groups is 1. The Bertz CT molecular complexity index is 636. The number of hydrogen-bond acceptors (Lipinski definition) is 5. The van der Waals surface area contributed by atoms with Crippen molar-refractivity contribution >= 4 is 17.3 Å². The summed E-state index contributed by atoms with van der Waals surface area (Å²) in [7, 11) is 0. The van der Waals surface area contributed by atoms with E-state index >= 15 is 0 Å². The lowest BCUT2D eigenvalue weighted by Crippen LogP contribution is -2.42. The van der Waals surface area contributed by atoms with E-state index in [1.807, 2.05) is 0 Å². The van der Waals surface area contributed by atoms with Gasteiger partial charge in [-0.05, 0) is 37.4 Å². The summed E-state index contributed by atoms with van der Waals surface area (Å²) in [6, 6.07) is 6.14. The van der Waals surface area contributed by atoms with Crippen LogP contribution in [0, 0.1) is 15.5 Å². The quantitative estimate of drug-likeness (QED) is 0.668. The topological polar surface area (TPSA) is 92.7 Å². The smallest absolute Gasteiger partial charge is 0.271 e. The molecule has 1 aromatic carbocycles. The van der Waals surface area contributed by atoms with Crippen LogP contribution >= 0.6 is 0 Å². The van der Waals surface area contributed by atoms with Crippen LogP contribution in [0.1, 0.15) is 19.8 Å². The second-order valence-electron chi connectivity index (χ2n) is 6.81. The zero-order valence-electron chi connectivity index (χ0n) is 13.3. The van der Waals surface area contributed by atoms with Gasteiger partial charge in [-0.15, -0.1) is 0 Å². The number of rotatable bonds is 4. The molecule has 7 nitrogen and oxygen atoms in total. The lowest BCUT2D eigenvalue weighted by molar-refractivity contribution is -0.384. The van der Waals surface area contributed by atoms with Crippen molar-refractivity contribution in [1.29, 1.82) is 0 Å². The molecule has 0 aromatic heterocycles. The van der Waals surface area contributed by atoms with Crippen molar-refractivity contribution in [3.63, 3.8) is 0 Å². The highest BCUT2D eigenvalue weighted by Crippen LogP contribution is 2.34. The van der Waals surface area contributed by atoms with Crippen molar-refractivity contribution in [2.24, 2.45) is 11.1 Å². The number of amides is 1. The number of nitrogens with two attached hydrogens (primary N) is 1. The van der Waals surface area contributed by atoms with Crippen LogP contribution in [0.4, 0.5) is 11.4 Å². The van der Waals surface area contributed by atoms with Crippen molar-refractivity contribution in [3.8, 4) is 0 Å². The highest BCUT2D eigenvalue weighted by molar-refractivity contribution is 5.99. The SMILES string of the molecule is CC1(CN)CCN(C2CCN(c3cccc([N+](=O)[O-])c3)C2=O)C1. The van der Waals surface area contributed by atoms with Crippen LogP contribution in [0.25, 0.3) is 0 Å². The first kappa shape index (κ1) is 15.9. The van der Waals surface area contributed by atoms with Gasteiger partial charge >= 0.3 is 0 Å². The summed E-state index contributed by atoms with van der Waals surface area (Å²) in [6.45, 7) is 5.10.